The molecule has 2 aromatic heterocycles. The predicted molar refractivity (Wildman–Crippen MR) is 123 cm³/mol. The highest BCUT2D eigenvalue weighted by molar-refractivity contribution is 7.11. The maximum atomic E-state index is 12.9. The van der Waals surface area contributed by atoms with Gasteiger partial charge in [-0.05, 0) is 37.5 Å². The van der Waals surface area contributed by atoms with Crippen LogP contribution in [0, 0.1) is 6.92 Å². The summed E-state index contributed by atoms with van der Waals surface area (Å²) in [5.41, 5.74) is 5.70. The SMILES string of the molecule is COc1ccc(-c2cnc(N(C)C)nc2C2CCN(C(=O)c3scnc3C)CC2)cc1. The van der Waals surface area contributed by atoms with Gasteiger partial charge in [-0.15, -0.1) is 11.3 Å². The smallest absolute Gasteiger partial charge is 0.265 e. The van der Waals surface area contributed by atoms with Gasteiger partial charge < -0.3 is 14.5 Å². The average Bonchev–Trinajstić information content (AvgIpc) is 3.24. The van der Waals surface area contributed by atoms with Crippen LogP contribution in [-0.4, -0.2) is 60.1 Å². The number of hydrogen-bond acceptors (Lipinski definition) is 7. The molecule has 7 nitrogen and oxygen atoms in total. The first-order chi connectivity index (χ1) is 15.0. The van der Waals surface area contributed by atoms with E-state index >= 15 is 0 Å². The number of aryl methyl sites for hydroxylation is 1. The standard InChI is InChI=1S/C23H27N5O2S/c1-15-21(31-14-25-15)22(29)28-11-9-17(10-12-28)20-19(13-24-23(26-20)27(2)3)16-5-7-18(30-4)8-6-16/h5-8,13-14,17H,9-12H2,1-4H3. The van der Waals surface area contributed by atoms with Crippen molar-refractivity contribution in [1.82, 2.24) is 19.9 Å². The van der Waals surface area contributed by atoms with E-state index in [0.29, 0.717) is 19.0 Å². The van der Waals surface area contributed by atoms with Crippen molar-refractivity contribution in [3.8, 4) is 16.9 Å². The zero-order valence-corrected chi connectivity index (χ0v) is 19.1. The lowest BCUT2D eigenvalue weighted by Gasteiger charge is -2.32. The van der Waals surface area contributed by atoms with Crippen molar-refractivity contribution in [3.63, 3.8) is 0 Å². The Labute approximate surface area is 186 Å². The Kier molecular flexibility index (Phi) is 6.18. The van der Waals surface area contributed by atoms with Crippen LogP contribution < -0.4 is 9.64 Å². The lowest BCUT2D eigenvalue weighted by molar-refractivity contribution is 0.0716. The van der Waals surface area contributed by atoms with Gasteiger partial charge in [0, 0.05) is 44.9 Å². The minimum absolute atomic E-state index is 0.0884. The van der Waals surface area contributed by atoms with Gasteiger partial charge in [-0.2, -0.15) is 0 Å². The largest absolute Gasteiger partial charge is 0.497 e. The highest BCUT2D eigenvalue weighted by Crippen LogP contribution is 2.35. The molecule has 8 heteroatoms. The molecular formula is C23H27N5O2S. The van der Waals surface area contributed by atoms with Crippen LogP contribution in [0.3, 0.4) is 0 Å². The number of ether oxygens (including phenoxy) is 1. The predicted octanol–water partition coefficient (Wildman–Crippen LogP) is 4.00. The van der Waals surface area contributed by atoms with E-state index in [-0.39, 0.29) is 11.8 Å². The summed E-state index contributed by atoms with van der Waals surface area (Å²) in [5, 5.41) is 0. The molecule has 0 aliphatic carbocycles. The Morgan fingerprint density at radius 2 is 1.87 bits per heavy atom. The van der Waals surface area contributed by atoms with Gasteiger partial charge in [0.15, 0.2) is 0 Å². The molecule has 1 aliphatic heterocycles. The molecule has 0 spiro atoms. The van der Waals surface area contributed by atoms with Gasteiger partial charge >= 0.3 is 0 Å². The Hall–Kier alpha value is -3.00. The molecule has 1 aromatic carbocycles. The van der Waals surface area contributed by atoms with Crippen molar-refractivity contribution in [2.24, 2.45) is 0 Å². The van der Waals surface area contributed by atoms with E-state index in [1.54, 1.807) is 12.6 Å². The van der Waals surface area contributed by atoms with Crippen LogP contribution in [0.1, 0.15) is 39.8 Å². The van der Waals surface area contributed by atoms with Gasteiger partial charge in [0.2, 0.25) is 5.95 Å². The lowest BCUT2D eigenvalue weighted by Crippen LogP contribution is -2.38. The van der Waals surface area contributed by atoms with Gasteiger partial charge in [0.1, 0.15) is 10.6 Å². The molecule has 31 heavy (non-hydrogen) atoms. The molecule has 162 valence electrons. The van der Waals surface area contributed by atoms with Crippen LogP contribution in [0.2, 0.25) is 0 Å². The number of piperidine rings is 1. The summed E-state index contributed by atoms with van der Waals surface area (Å²) in [5.74, 6) is 1.88. The van der Waals surface area contributed by atoms with Crippen LogP contribution in [0.4, 0.5) is 5.95 Å². The topological polar surface area (TPSA) is 71.5 Å². The van der Waals surface area contributed by atoms with Crippen molar-refractivity contribution in [2.75, 3.05) is 39.2 Å². The number of methoxy groups -OCH3 is 1. The molecule has 1 fully saturated rings. The monoisotopic (exact) mass is 437 g/mol. The van der Waals surface area contributed by atoms with Crippen LogP contribution in [0.5, 0.6) is 5.75 Å². The third-order valence-corrected chi connectivity index (χ3v) is 6.63. The van der Waals surface area contributed by atoms with Crippen molar-refractivity contribution < 1.29 is 9.53 Å². The van der Waals surface area contributed by atoms with Crippen LogP contribution in [-0.2, 0) is 0 Å². The number of thiazole rings is 1. The second-order valence-corrected chi connectivity index (χ2v) is 8.78. The number of benzene rings is 1. The van der Waals surface area contributed by atoms with E-state index < -0.39 is 0 Å². The third kappa shape index (κ3) is 4.39. The first-order valence-corrected chi connectivity index (χ1v) is 11.2. The maximum absolute atomic E-state index is 12.9. The molecule has 3 aromatic rings. The van der Waals surface area contributed by atoms with E-state index in [2.05, 4.69) is 9.97 Å². The minimum atomic E-state index is 0.0884. The van der Waals surface area contributed by atoms with Crippen molar-refractivity contribution >= 4 is 23.2 Å². The summed E-state index contributed by atoms with van der Waals surface area (Å²) in [6.45, 7) is 3.32. The summed E-state index contributed by atoms with van der Waals surface area (Å²) < 4.78 is 5.30. The fourth-order valence-corrected chi connectivity index (χ4v) is 4.68. The fourth-order valence-electron chi connectivity index (χ4n) is 3.91. The summed E-state index contributed by atoms with van der Waals surface area (Å²) in [7, 11) is 5.56. The first-order valence-electron chi connectivity index (χ1n) is 10.4. The number of hydrogen-bond donors (Lipinski definition) is 0. The van der Waals surface area contributed by atoms with Crippen LogP contribution >= 0.6 is 11.3 Å². The average molecular weight is 438 g/mol. The Balaban J connectivity index is 1.58. The normalized spacial score (nSPS) is 14.5. The summed E-state index contributed by atoms with van der Waals surface area (Å²) in [6, 6.07) is 8.00. The van der Waals surface area contributed by atoms with Crippen molar-refractivity contribution in [3.05, 3.63) is 52.2 Å². The molecule has 0 bridgehead atoms. The van der Waals surface area contributed by atoms with E-state index in [9.17, 15) is 4.79 Å². The number of carbonyl (C=O) groups is 1. The molecule has 0 unspecified atom stereocenters. The first kappa shape index (κ1) is 21.2. The zero-order valence-electron chi connectivity index (χ0n) is 18.3. The molecule has 3 heterocycles. The number of aromatic nitrogens is 3. The molecule has 0 radical (unpaired) electrons. The quantitative estimate of drug-likeness (QED) is 0.601. The Morgan fingerprint density at radius 3 is 2.45 bits per heavy atom. The van der Waals surface area contributed by atoms with Gasteiger partial charge in [-0.3, -0.25) is 4.79 Å². The van der Waals surface area contributed by atoms with Crippen LogP contribution in [0.15, 0.2) is 36.0 Å². The second kappa shape index (κ2) is 9.01. The Morgan fingerprint density at radius 1 is 1.16 bits per heavy atom. The zero-order chi connectivity index (χ0) is 22.0. The summed E-state index contributed by atoms with van der Waals surface area (Å²) >= 11 is 1.42. The number of likely N-dealkylation sites (tertiary alicyclic amines) is 1. The highest BCUT2D eigenvalue weighted by Gasteiger charge is 2.29. The van der Waals surface area contributed by atoms with E-state index in [0.717, 1.165) is 46.0 Å². The van der Waals surface area contributed by atoms with E-state index in [1.807, 2.05) is 61.3 Å². The molecule has 4 rings (SSSR count). The molecular weight excluding hydrogens is 410 g/mol. The number of anilines is 1. The molecule has 1 amide bonds. The minimum Gasteiger partial charge on any atom is -0.497 e. The second-order valence-electron chi connectivity index (χ2n) is 7.93. The van der Waals surface area contributed by atoms with Gasteiger partial charge in [0.05, 0.1) is 24.0 Å². The third-order valence-electron chi connectivity index (χ3n) is 5.72. The molecule has 0 N–H and O–H groups in total. The van der Waals surface area contributed by atoms with E-state index in [1.165, 1.54) is 11.3 Å². The molecule has 0 saturated carbocycles. The Bertz CT molecular complexity index is 1060. The van der Waals surface area contributed by atoms with Gasteiger partial charge in [-0.25, -0.2) is 15.0 Å². The molecule has 0 atom stereocenters. The lowest BCUT2D eigenvalue weighted by atomic mass is 9.89. The van der Waals surface area contributed by atoms with E-state index in [4.69, 9.17) is 9.72 Å². The number of amides is 1. The van der Waals surface area contributed by atoms with Crippen molar-refractivity contribution in [2.45, 2.75) is 25.7 Å². The van der Waals surface area contributed by atoms with Crippen molar-refractivity contribution in [1.29, 1.82) is 0 Å². The van der Waals surface area contributed by atoms with Gasteiger partial charge in [0.25, 0.3) is 5.91 Å². The maximum Gasteiger partial charge on any atom is 0.265 e. The fraction of sp³-hybridized carbons (Fsp3) is 0.391. The van der Waals surface area contributed by atoms with Gasteiger partial charge in [-0.1, -0.05) is 12.1 Å². The summed E-state index contributed by atoms with van der Waals surface area (Å²) in [6.07, 6.45) is 3.66. The van der Waals surface area contributed by atoms with Crippen LogP contribution in [0.25, 0.3) is 11.1 Å². The summed E-state index contributed by atoms with van der Waals surface area (Å²) in [4.78, 5) is 31.2. The molecule has 1 saturated heterocycles. The molecule has 1 aliphatic rings. The number of nitrogens with zero attached hydrogens (tertiary/aromatic N) is 5. The highest BCUT2D eigenvalue weighted by atomic mass is 32.1. The number of rotatable bonds is 5. The number of carbonyl (C=O) groups excluding carboxylic acids is 1.